The van der Waals surface area contributed by atoms with Gasteiger partial charge in [0.15, 0.2) is 0 Å². The van der Waals surface area contributed by atoms with Gasteiger partial charge < -0.3 is 0 Å². The second kappa shape index (κ2) is 9.43. The molecule has 0 N–H and O–H groups in total. The molecule has 5 nitrogen and oxygen atoms in total. The zero-order valence-corrected chi connectivity index (χ0v) is 18.9. The van der Waals surface area contributed by atoms with E-state index >= 15 is 0 Å². The van der Waals surface area contributed by atoms with E-state index in [4.69, 9.17) is 16.7 Å². The fourth-order valence-electron chi connectivity index (χ4n) is 4.33. The fourth-order valence-corrected chi connectivity index (χ4v) is 4.55. The number of benzene rings is 3. The number of piperazine rings is 1. The summed E-state index contributed by atoms with van der Waals surface area (Å²) in [5, 5.41) is 6.74. The predicted molar refractivity (Wildman–Crippen MR) is 130 cm³/mol. The Morgan fingerprint density at radius 3 is 2.21 bits per heavy atom. The van der Waals surface area contributed by atoms with Crippen molar-refractivity contribution in [1.29, 1.82) is 0 Å². The maximum atomic E-state index is 14.2. The van der Waals surface area contributed by atoms with Crippen LogP contribution >= 0.6 is 11.6 Å². The average molecular weight is 463 g/mol. The van der Waals surface area contributed by atoms with Crippen molar-refractivity contribution in [2.24, 2.45) is 0 Å². The van der Waals surface area contributed by atoms with Crippen molar-refractivity contribution in [3.8, 4) is 11.3 Å². The Labute approximate surface area is 196 Å². The maximum Gasteiger partial charge on any atom is 0.275 e. The quantitative estimate of drug-likeness (QED) is 0.433. The number of nitrogens with zero attached hydrogens (tertiary/aromatic N) is 4. The first-order valence-corrected chi connectivity index (χ1v) is 11.4. The summed E-state index contributed by atoms with van der Waals surface area (Å²) in [5.74, 6) is -0.273. The van der Waals surface area contributed by atoms with Crippen LogP contribution in [-0.2, 0) is 13.2 Å². The molecule has 7 heteroatoms. The molecule has 0 amide bonds. The number of rotatable bonds is 5. The molecule has 2 heterocycles. The molecule has 1 aliphatic heterocycles. The minimum atomic E-state index is -0.273. The highest BCUT2D eigenvalue weighted by atomic mass is 35.5. The third kappa shape index (κ3) is 4.55. The van der Waals surface area contributed by atoms with Crippen LogP contribution < -0.4 is 5.56 Å². The molecule has 1 saturated heterocycles. The summed E-state index contributed by atoms with van der Waals surface area (Å²) in [7, 11) is 0. The molecule has 5 rings (SSSR count). The van der Waals surface area contributed by atoms with E-state index in [2.05, 4.69) is 9.80 Å². The van der Waals surface area contributed by atoms with E-state index in [1.54, 1.807) is 16.8 Å². The molecular weight excluding hydrogens is 439 g/mol. The molecule has 1 aliphatic rings. The first-order chi connectivity index (χ1) is 16.1. The minimum Gasteiger partial charge on any atom is -0.296 e. The van der Waals surface area contributed by atoms with Gasteiger partial charge in [0.05, 0.1) is 17.7 Å². The van der Waals surface area contributed by atoms with Crippen LogP contribution in [0.3, 0.4) is 0 Å². The molecule has 0 aliphatic carbocycles. The number of fused-ring (bicyclic) bond motifs is 1. The van der Waals surface area contributed by atoms with Gasteiger partial charge in [-0.05, 0) is 18.2 Å². The standard InChI is InChI=1S/C26H24ClFN4O/c27-23-11-6-12-24(28)22(23)17-30-13-15-31(16-14-30)18-32-26(33)21-10-5-4-9-20(21)25(29-32)19-7-2-1-3-8-19/h1-12H,13-18H2. The van der Waals surface area contributed by atoms with Gasteiger partial charge in [-0.25, -0.2) is 9.07 Å². The summed E-state index contributed by atoms with van der Waals surface area (Å²) in [5.41, 5.74) is 2.23. The first-order valence-electron chi connectivity index (χ1n) is 11.0. The van der Waals surface area contributed by atoms with Crippen molar-refractivity contribution in [2.75, 3.05) is 26.2 Å². The van der Waals surface area contributed by atoms with Gasteiger partial charge in [-0.15, -0.1) is 0 Å². The molecule has 0 radical (unpaired) electrons. The van der Waals surface area contributed by atoms with Crippen LogP contribution in [0.2, 0.25) is 5.02 Å². The van der Waals surface area contributed by atoms with Crippen molar-refractivity contribution in [3.63, 3.8) is 0 Å². The first kappa shape index (κ1) is 21.8. The molecule has 0 unspecified atom stereocenters. The highest BCUT2D eigenvalue weighted by Crippen LogP contribution is 2.25. The van der Waals surface area contributed by atoms with E-state index in [1.165, 1.54) is 6.07 Å². The van der Waals surface area contributed by atoms with Crippen LogP contribution in [0.15, 0.2) is 77.6 Å². The number of hydrogen-bond donors (Lipinski definition) is 0. The Kier molecular flexibility index (Phi) is 6.22. The third-order valence-electron chi connectivity index (χ3n) is 6.16. The van der Waals surface area contributed by atoms with E-state index < -0.39 is 0 Å². The summed E-state index contributed by atoms with van der Waals surface area (Å²) in [6.45, 7) is 3.93. The smallest absolute Gasteiger partial charge is 0.275 e. The second-order valence-corrected chi connectivity index (χ2v) is 8.71. The molecule has 168 valence electrons. The van der Waals surface area contributed by atoms with E-state index in [1.807, 2.05) is 54.6 Å². The molecule has 0 bridgehead atoms. The lowest BCUT2D eigenvalue weighted by atomic mass is 10.1. The van der Waals surface area contributed by atoms with Gasteiger partial charge in [0.25, 0.3) is 5.56 Å². The lowest BCUT2D eigenvalue weighted by Gasteiger charge is -2.34. The van der Waals surface area contributed by atoms with Gasteiger partial charge in [0, 0.05) is 54.3 Å². The molecule has 3 aromatic carbocycles. The molecule has 0 spiro atoms. The molecule has 33 heavy (non-hydrogen) atoms. The van der Waals surface area contributed by atoms with Gasteiger partial charge in [0.2, 0.25) is 0 Å². The number of aromatic nitrogens is 2. The largest absolute Gasteiger partial charge is 0.296 e. The highest BCUT2D eigenvalue weighted by molar-refractivity contribution is 6.31. The Morgan fingerprint density at radius 1 is 0.818 bits per heavy atom. The monoisotopic (exact) mass is 462 g/mol. The average Bonchev–Trinajstić information content (AvgIpc) is 2.85. The van der Waals surface area contributed by atoms with Crippen LogP contribution in [0, 0.1) is 5.82 Å². The Morgan fingerprint density at radius 2 is 1.48 bits per heavy atom. The fraction of sp³-hybridized carbons (Fsp3) is 0.231. The van der Waals surface area contributed by atoms with Gasteiger partial charge in [-0.3, -0.25) is 14.6 Å². The van der Waals surface area contributed by atoms with E-state index in [9.17, 15) is 9.18 Å². The zero-order chi connectivity index (χ0) is 22.8. The predicted octanol–water partition coefficient (Wildman–Crippen LogP) is 4.63. The van der Waals surface area contributed by atoms with Gasteiger partial charge in [0.1, 0.15) is 5.82 Å². The van der Waals surface area contributed by atoms with Gasteiger partial charge in [-0.2, -0.15) is 5.10 Å². The Balaban J connectivity index is 1.35. The van der Waals surface area contributed by atoms with E-state index in [0.29, 0.717) is 29.2 Å². The van der Waals surface area contributed by atoms with Gasteiger partial charge >= 0.3 is 0 Å². The summed E-state index contributed by atoms with van der Waals surface area (Å²) >= 11 is 6.19. The molecule has 1 aromatic heterocycles. The summed E-state index contributed by atoms with van der Waals surface area (Å²) in [6.07, 6.45) is 0. The van der Waals surface area contributed by atoms with Crippen molar-refractivity contribution in [3.05, 3.63) is 99.6 Å². The van der Waals surface area contributed by atoms with E-state index in [-0.39, 0.29) is 11.4 Å². The third-order valence-corrected chi connectivity index (χ3v) is 6.51. The molecule has 1 fully saturated rings. The Bertz CT molecular complexity index is 1310. The topological polar surface area (TPSA) is 41.4 Å². The Hall–Kier alpha value is -3.06. The summed E-state index contributed by atoms with van der Waals surface area (Å²) < 4.78 is 15.7. The molecular formula is C26H24ClFN4O. The number of halogens is 2. The lowest BCUT2D eigenvalue weighted by Crippen LogP contribution is -2.47. The van der Waals surface area contributed by atoms with Crippen LogP contribution in [-0.4, -0.2) is 45.8 Å². The van der Waals surface area contributed by atoms with Crippen molar-refractivity contribution >= 4 is 22.4 Å². The van der Waals surface area contributed by atoms with Crippen LogP contribution in [0.25, 0.3) is 22.0 Å². The van der Waals surface area contributed by atoms with Crippen molar-refractivity contribution in [1.82, 2.24) is 19.6 Å². The van der Waals surface area contributed by atoms with Crippen LogP contribution in [0.5, 0.6) is 0 Å². The minimum absolute atomic E-state index is 0.0918. The van der Waals surface area contributed by atoms with Crippen molar-refractivity contribution < 1.29 is 4.39 Å². The highest BCUT2D eigenvalue weighted by Gasteiger charge is 2.21. The molecule has 4 aromatic rings. The van der Waals surface area contributed by atoms with Crippen LogP contribution in [0.4, 0.5) is 4.39 Å². The van der Waals surface area contributed by atoms with Gasteiger partial charge in [-0.1, -0.05) is 66.2 Å². The maximum absolute atomic E-state index is 14.2. The second-order valence-electron chi connectivity index (χ2n) is 8.30. The summed E-state index contributed by atoms with van der Waals surface area (Å²) in [4.78, 5) is 17.6. The van der Waals surface area contributed by atoms with Crippen LogP contribution in [0.1, 0.15) is 5.56 Å². The zero-order valence-electron chi connectivity index (χ0n) is 18.1. The molecule has 0 saturated carbocycles. The summed E-state index contributed by atoms with van der Waals surface area (Å²) in [6, 6.07) is 22.3. The molecule has 0 atom stereocenters. The number of hydrogen-bond acceptors (Lipinski definition) is 4. The van der Waals surface area contributed by atoms with E-state index in [0.717, 1.165) is 42.8 Å². The SMILES string of the molecule is O=c1c2ccccc2c(-c2ccccc2)nn1CN1CCN(Cc2c(F)cccc2Cl)CC1. The van der Waals surface area contributed by atoms with Crippen molar-refractivity contribution in [2.45, 2.75) is 13.2 Å². The lowest BCUT2D eigenvalue weighted by molar-refractivity contribution is 0.0966. The normalized spacial score (nSPS) is 15.2.